The average Bonchev–Trinajstić information content (AvgIpc) is 3.12. The summed E-state index contributed by atoms with van der Waals surface area (Å²) >= 11 is 1.31. The van der Waals surface area contributed by atoms with E-state index in [1.54, 1.807) is 0 Å². The molecular weight excluding hydrogens is 346 g/mol. The Balaban J connectivity index is 1.64. The van der Waals surface area contributed by atoms with Gasteiger partial charge in [0.2, 0.25) is 0 Å². The lowest BCUT2D eigenvalue weighted by molar-refractivity contribution is -0.119. The summed E-state index contributed by atoms with van der Waals surface area (Å²) in [6.45, 7) is 3.60. The van der Waals surface area contributed by atoms with Gasteiger partial charge in [0, 0.05) is 11.3 Å². The minimum absolute atomic E-state index is 0.321. The van der Waals surface area contributed by atoms with Crippen LogP contribution < -0.4 is 5.32 Å². The first kappa shape index (κ1) is 17.9. The molecule has 1 amide bonds. The number of thiophene rings is 1. The summed E-state index contributed by atoms with van der Waals surface area (Å²) in [6, 6.07) is 17.3. The third-order valence-corrected chi connectivity index (χ3v) is 4.86. The normalized spacial score (nSPS) is 10.4. The lowest BCUT2D eigenvalue weighted by Gasteiger charge is -2.09. The molecule has 1 aromatic heterocycles. The van der Waals surface area contributed by atoms with E-state index >= 15 is 0 Å². The smallest absolute Gasteiger partial charge is 0.349 e. The molecule has 4 nitrogen and oxygen atoms in total. The molecule has 0 saturated carbocycles. The largest absolute Gasteiger partial charge is 0.451 e. The fraction of sp³-hybridized carbons (Fsp3) is 0.143. The molecule has 0 unspecified atom stereocenters. The van der Waals surface area contributed by atoms with Crippen LogP contribution in [0, 0.1) is 13.8 Å². The Labute approximate surface area is 156 Å². The van der Waals surface area contributed by atoms with E-state index in [4.69, 9.17) is 4.74 Å². The molecule has 0 aliphatic rings. The Kier molecular flexibility index (Phi) is 5.49. The first-order chi connectivity index (χ1) is 12.5. The summed E-state index contributed by atoms with van der Waals surface area (Å²) in [6.07, 6.45) is 0. The SMILES string of the molecule is Cc1ccc(-c2ccsc2C(=O)OCC(=O)Nc2ccccc2C)cc1. The second kappa shape index (κ2) is 7.97. The number of carbonyl (C=O) groups is 2. The third kappa shape index (κ3) is 4.18. The molecular formula is C21H19NO3S. The number of ether oxygens (including phenoxy) is 1. The summed E-state index contributed by atoms with van der Waals surface area (Å²) in [4.78, 5) is 24.9. The van der Waals surface area contributed by atoms with Crippen LogP contribution in [0.2, 0.25) is 0 Å². The fourth-order valence-electron chi connectivity index (χ4n) is 2.52. The molecule has 26 heavy (non-hydrogen) atoms. The van der Waals surface area contributed by atoms with Gasteiger partial charge in [0.25, 0.3) is 5.91 Å². The van der Waals surface area contributed by atoms with Gasteiger partial charge in [0.05, 0.1) is 0 Å². The molecule has 0 spiro atoms. The molecule has 0 bridgehead atoms. The van der Waals surface area contributed by atoms with E-state index in [0.717, 1.165) is 22.3 Å². The zero-order valence-electron chi connectivity index (χ0n) is 14.6. The maximum atomic E-state index is 12.4. The Morgan fingerprint density at radius 2 is 1.73 bits per heavy atom. The minimum atomic E-state index is -0.490. The fourth-order valence-corrected chi connectivity index (χ4v) is 3.33. The van der Waals surface area contributed by atoms with E-state index < -0.39 is 5.97 Å². The molecule has 0 radical (unpaired) electrons. The summed E-state index contributed by atoms with van der Waals surface area (Å²) in [5.41, 5.74) is 4.59. The molecule has 0 aliphatic carbocycles. The first-order valence-electron chi connectivity index (χ1n) is 8.22. The number of benzene rings is 2. The van der Waals surface area contributed by atoms with Crippen molar-refractivity contribution in [2.24, 2.45) is 0 Å². The van der Waals surface area contributed by atoms with Gasteiger partial charge in [-0.15, -0.1) is 11.3 Å². The minimum Gasteiger partial charge on any atom is -0.451 e. The molecule has 3 aromatic rings. The van der Waals surface area contributed by atoms with Gasteiger partial charge in [0.15, 0.2) is 6.61 Å². The van der Waals surface area contributed by atoms with Crippen LogP contribution in [0.4, 0.5) is 5.69 Å². The number of anilines is 1. The number of rotatable bonds is 5. The van der Waals surface area contributed by atoms with Gasteiger partial charge in [-0.05, 0) is 42.5 Å². The Hall–Kier alpha value is -2.92. The molecule has 0 saturated heterocycles. The average molecular weight is 365 g/mol. The molecule has 2 aromatic carbocycles. The van der Waals surface area contributed by atoms with Crippen LogP contribution >= 0.6 is 11.3 Å². The molecule has 5 heteroatoms. The maximum absolute atomic E-state index is 12.4. The van der Waals surface area contributed by atoms with Crippen molar-refractivity contribution in [1.29, 1.82) is 0 Å². The summed E-state index contributed by atoms with van der Waals surface area (Å²) in [5.74, 6) is -0.850. The highest BCUT2D eigenvalue weighted by Gasteiger charge is 2.17. The van der Waals surface area contributed by atoms with Gasteiger partial charge < -0.3 is 10.1 Å². The number of hydrogen-bond donors (Lipinski definition) is 1. The van der Waals surface area contributed by atoms with Crippen molar-refractivity contribution in [2.75, 3.05) is 11.9 Å². The van der Waals surface area contributed by atoms with E-state index in [2.05, 4.69) is 5.32 Å². The van der Waals surface area contributed by atoms with Crippen LogP contribution in [-0.4, -0.2) is 18.5 Å². The molecule has 1 heterocycles. The number of esters is 1. The number of amides is 1. The predicted octanol–water partition coefficient (Wildman–Crippen LogP) is 4.83. The van der Waals surface area contributed by atoms with Crippen LogP contribution in [0.15, 0.2) is 60.0 Å². The van der Waals surface area contributed by atoms with Crippen LogP contribution in [0.25, 0.3) is 11.1 Å². The van der Waals surface area contributed by atoms with Crippen molar-refractivity contribution in [3.8, 4) is 11.1 Å². The zero-order chi connectivity index (χ0) is 18.5. The van der Waals surface area contributed by atoms with Gasteiger partial charge in [-0.2, -0.15) is 0 Å². The quantitative estimate of drug-likeness (QED) is 0.659. The number of para-hydroxylation sites is 1. The van der Waals surface area contributed by atoms with Crippen LogP contribution in [-0.2, 0) is 9.53 Å². The second-order valence-electron chi connectivity index (χ2n) is 5.97. The summed E-state index contributed by atoms with van der Waals surface area (Å²) < 4.78 is 5.21. The molecule has 0 fully saturated rings. The monoisotopic (exact) mass is 365 g/mol. The van der Waals surface area contributed by atoms with Crippen molar-refractivity contribution in [3.63, 3.8) is 0 Å². The number of hydrogen-bond acceptors (Lipinski definition) is 4. The van der Waals surface area contributed by atoms with Crippen LogP contribution in [0.5, 0.6) is 0 Å². The summed E-state index contributed by atoms with van der Waals surface area (Å²) in [5, 5.41) is 4.60. The molecule has 0 atom stereocenters. The Morgan fingerprint density at radius 3 is 2.46 bits per heavy atom. The van der Waals surface area contributed by atoms with E-state index in [9.17, 15) is 9.59 Å². The van der Waals surface area contributed by atoms with Gasteiger partial charge in [-0.1, -0.05) is 48.0 Å². The van der Waals surface area contributed by atoms with E-state index in [-0.39, 0.29) is 12.5 Å². The zero-order valence-corrected chi connectivity index (χ0v) is 15.4. The third-order valence-electron chi connectivity index (χ3n) is 3.97. The lowest BCUT2D eigenvalue weighted by Crippen LogP contribution is -2.21. The molecule has 3 rings (SSSR count). The van der Waals surface area contributed by atoms with Gasteiger partial charge in [0.1, 0.15) is 4.88 Å². The summed E-state index contributed by atoms with van der Waals surface area (Å²) in [7, 11) is 0. The lowest BCUT2D eigenvalue weighted by atomic mass is 10.1. The Bertz CT molecular complexity index is 928. The number of carbonyl (C=O) groups excluding carboxylic acids is 2. The highest BCUT2D eigenvalue weighted by atomic mass is 32.1. The molecule has 1 N–H and O–H groups in total. The predicted molar refractivity (Wildman–Crippen MR) is 105 cm³/mol. The Morgan fingerprint density at radius 1 is 1.00 bits per heavy atom. The van der Waals surface area contributed by atoms with Crippen molar-refractivity contribution >= 4 is 28.9 Å². The van der Waals surface area contributed by atoms with Crippen molar-refractivity contribution in [2.45, 2.75) is 13.8 Å². The second-order valence-corrected chi connectivity index (χ2v) is 6.88. The van der Waals surface area contributed by atoms with Crippen LogP contribution in [0.3, 0.4) is 0 Å². The van der Waals surface area contributed by atoms with Crippen molar-refractivity contribution < 1.29 is 14.3 Å². The van der Waals surface area contributed by atoms with Crippen LogP contribution in [0.1, 0.15) is 20.8 Å². The standard InChI is InChI=1S/C21H19NO3S/c1-14-7-9-16(10-8-14)17-11-12-26-20(17)21(24)25-13-19(23)22-18-6-4-3-5-15(18)2/h3-12H,13H2,1-2H3,(H,22,23). The number of nitrogens with one attached hydrogen (secondary N) is 1. The van der Waals surface area contributed by atoms with E-state index in [1.807, 2.05) is 73.8 Å². The van der Waals surface area contributed by atoms with E-state index in [1.165, 1.54) is 11.3 Å². The molecule has 0 aliphatic heterocycles. The maximum Gasteiger partial charge on any atom is 0.349 e. The van der Waals surface area contributed by atoms with Crippen molar-refractivity contribution in [3.05, 3.63) is 76.0 Å². The van der Waals surface area contributed by atoms with Gasteiger partial charge in [-0.25, -0.2) is 4.79 Å². The number of aryl methyl sites for hydroxylation is 2. The highest BCUT2D eigenvalue weighted by molar-refractivity contribution is 7.12. The van der Waals surface area contributed by atoms with Gasteiger partial charge >= 0.3 is 5.97 Å². The van der Waals surface area contributed by atoms with Crippen molar-refractivity contribution in [1.82, 2.24) is 0 Å². The van der Waals surface area contributed by atoms with E-state index in [0.29, 0.717) is 10.6 Å². The first-order valence-corrected chi connectivity index (χ1v) is 9.09. The van der Waals surface area contributed by atoms with Gasteiger partial charge in [-0.3, -0.25) is 4.79 Å². The highest BCUT2D eigenvalue weighted by Crippen LogP contribution is 2.29. The topological polar surface area (TPSA) is 55.4 Å². The molecule has 132 valence electrons.